The highest BCUT2D eigenvalue weighted by atomic mass is 79.9. The van der Waals surface area contributed by atoms with Gasteiger partial charge < -0.3 is 14.8 Å². The lowest BCUT2D eigenvalue weighted by Crippen LogP contribution is -2.06. The highest BCUT2D eigenvalue weighted by Gasteiger charge is 2.04. The van der Waals surface area contributed by atoms with Crippen LogP contribution in [0.5, 0.6) is 11.5 Å². The summed E-state index contributed by atoms with van der Waals surface area (Å²) in [5.41, 5.74) is 1.17. The minimum absolute atomic E-state index is 0.740. The van der Waals surface area contributed by atoms with E-state index in [1.165, 1.54) is 11.9 Å². The molecule has 1 aromatic heterocycles. The van der Waals surface area contributed by atoms with Gasteiger partial charge in [0, 0.05) is 12.6 Å². The van der Waals surface area contributed by atoms with Crippen LogP contribution in [0, 0.1) is 0 Å². The van der Waals surface area contributed by atoms with E-state index in [-0.39, 0.29) is 0 Å². The first-order valence-corrected chi connectivity index (χ1v) is 6.94. The lowest BCUT2D eigenvalue weighted by atomic mass is 10.1. The molecule has 1 heterocycles. The van der Waals surface area contributed by atoms with Crippen molar-refractivity contribution < 1.29 is 9.47 Å². The molecule has 6 heteroatoms. The Balaban J connectivity index is 1.94. The Bertz CT molecular complexity index is 578. The predicted molar refractivity (Wildman–Crippen MR) is 81.5 cm³/mol. The van der Waals surface area contributed by atoms with E-state index in [0.29, 0.717) is 0 Å². The second-order valence-corrected chi connectivity index (χ2v) is 4.90. The van der Waals surface area contributed by atoms with Crippen molar-refractivity contribution in [2.75, 3.05) is 26.1 Å². The number of hydrogen-bond acceptors (Lipinski definition) is 5. The molecule has 1 N–H and O–H groups in total. The van der Waals surface area contributed by atoms with Crippen molar-refractivity contribution in [1.82, 2.24) is 9.97 Å². The fraction of sp³-hybridized carbons (Fsp3) is 0.286. The number of methoxy groups -OCH3 is 2. The molecule has 1 aromatic carbocycles. The van der Waals surface area contributed by atoms with Crippen LogP contribution in [0.1, 0.15) is 5.56 Å². The molecule has 2 aromatic rings. The second kappa shape index (κ2) is 7.09. The average molecular weight is 338 g/mol. The third kappa shape index (κ3) is 3.84. The Morgan fingerprint density at radius 3 is 2.60 bits per heavy atom. The summed E-state index contributed by atoms with van der Waals surface area (Å²) in [6, 6.07) is 7.76. The SMILES string of the molecule is COc1ccc(CCNc2cc(Br)ncn2)cc1OC. The second-order valence-electron chi connectivity index (χ2n) is 4.09. The van der Waals surface area contributed by atoms with Gasteiger partial charge in [-0.05, 0) is 40.0 Å². The van der Waals surface area contributed by atoms with E-state index in [1.54, 1.807) is 14.2 Å². The molecule has 0 radical (unpaired) electrons. The first kappa shape index (κ1) is 14.6. The van der Waals surface area contributed by atoms with E-state index in [0.717, 1.165) is 34.9 Å². The van der Waals surface area contributed by atoms with Crippen LogP contribution < -0.4 is 14.8 Å². The Hall–Kier alpha value is -1.82. The molecule has 0 unspecified atom stereocenters. The van der Waals surface area contributed by atoms with E-state index in [1.807, 2.05) is 24.3 Å². The van der Waals surface area contributed by atoms with Gasteiger partial charge in [0.1, 0.15) is 16.7 Å². The number of rotatable bonds is 6. The van der Waals surface area contributed by atoms with Gasteiger partial charge in [-0.25, -0.2) is 9.97 Å². The van der Waals surface area contributed by atoms with Crippen LogP contribution in [0.2, 0.25) is 0 Å². The zero-order valence-electron chi connectivity index (χ0n) is 11.4. The zero-order valence-corrected chi connectivity index (χ0v) is 13.0. The Labute approximate surface area is 126 Å². The fourth-order valence-corrected chi connectivity index (χ4v) is 2.11. The molecule has 0 bridgehead atoms. The normalized spacial score (nSPS) is 10.2. The maximum atomic E-state index is 5.29. The van der Waals surface area contributed by atoms with Crippen molar-refractivity contribution in [2.45, 2.75) is 6.42 Å². The summed E-state index contributed by atoms with van der Waals surface area (Å²) in [7, 11) is 3.27. The molecule has 0 aliphatic carbocycles. The maximum Gasteiger partial charge on any atom is 0.160 e. The number of aromatic nitrogens is 2. The van der Waals surface area contributed by atoms with Gasteiger partial charge in [0.05, 0.1) is 14.2 Å². The van der Waals surface area contributed by atoms with Gasteiger partial charge in [-0.15, -0.1) is 0 Å². The lowest BCUT2D eigenvalue weighted by molar-refractivity contribution is 0.354. The molecule has 0 fully saturated rings. The summed E-state index contributed by atoms with van der Waals surface area (Å²) >= 11 is 3.31. The van der Waals surface area contributed by atoms with Crippen molar-refractivity contribution in [3.05, 3.63) is 40.8 Å². The standard InChI is InChI=1S/C14H16BrN3O2/c1-19-11-4-3-10(7-12(11)20-2)5-6-16-14-8-13(15)17-9-18-14/h3-4,7-9H,5-6H2,1-2H3,(H,16,17,18). The molecular formula is C14H16BrN3O2. The summed E-state index contributed by atoms with van der Waals surface area (Å²) in [5, 5.41) is 3.25. The summed E-state index contributed by atoms with van der Waals surface area (Å²) in [5.74, 6) is 2.28. The smallest absolute Gasteiger partial charge is 0.160 e. The van der Waals surface area contributed by atoms with Gasteiger partial charge >= 0.3 is 0 Å². The number of nitrogens with zero attached hydrogens (tertiary/aromatic N) is 2. The van der Waals surface area contributed by atoms with Crippen LogP contribution in [0.3, 0.4) is 0 Å². The highest BCUT2D eigenvalue weighted by Crippen LogP contribution is 2.27. The van der Waals surface area contributed by atoms with Crippen molar-refractivity contribution >= 4 is 21.7 Å². The number of halogens is 1. The largest absolute Gasteiger partial charge is 0.493 e. The van der Waals surface area contributed by atoms with E-state index >= 15 is 0 Å². The Morgan fingerprint density at radius 2 is 1.90 bits per heavy atom. The zero-order chi connectivity index (χ0) is 14.4. The summed E-state index contributed by atoms with van der Waals surface area (Å²) < 4.78 is 11.3. The minimum atomic E-state index is 0.740. The summed E-state index contributed by atoms with van der Waals surface area (Å²) in [4.78, 5) is 8.12. The molecule has 0 spiro atoms. The number of anilines is 1. The Kier molecular flexibility index (Phi) is 5.17. The molecule has 0 saturated heterocycles. The number of benzene rings is 1. The third-order valence-electron chi connectivity index (χ3n) is 2.80. The van der Waals surface area contributed by atoms with Gasteiger partial charge in [0.25, 0.3) is 0 Å². The summed E-state index contributed by atoms with van der Waals surface area (Å²) in [6.45, 7) is 0.777. The maximum absolute atomic E-state index is 5.29. The van der Waals surface area contributed by atoms with Crippen LogP contribution in [-0.2, 0) is 6.42 Å². The van der Waals surface area contributed by atoms with Gasteiger partial charge in [-0.3, -0.25) is 0 Å². The van der Waals surface area contributed by atoms with Crippen LogP contribution >= 0.6 is 15.9 Å². The van der Waals surface area contributed by atoms with E-state index in [2.05, 4.69) is 31.2 Å². The molecule has 0 aliphatic rings. The number of ether oxygens (including phenoxy) is 2. The summed E-state index contributed by atoms with van der Waals surface area (Å²) in [6.07, 6.45) is 2.38. The fourth-order valence-electron chi connectivity index (χ4n) is 1.80. The van der Waals surface area contributed by atoms with Gasteiger partial charge in [0.15, 0.2) is 11.5 Å². The average Bonchev–Trinajstić information content (AvgIpc) is 2.47. The number of hydrogen-bond donors (Lipinski definition) is 1. The molecule has 0 aliphatic heterocycles. The molecule has 5 nitrogen and oxygen atoms in total. The molecule has 20 heavy (non-hydrogen) atoms. The van der Waals surface area contributed by atoms with Crippen LogP contribution in [-0.4, -0.2) is 30.7 Å². The van der Waals surface area contributed by atoms with Crippen molar-refractivity contribution in [3.63, 3.8) is 0 Å². The molecule has 0 atom stereocenters. The molecule has 0 saturated carbocycles. The highest BCUT2D eigenvalue weighted by molar-refractivity contribution is 9.10. The van der Waals surface area contributed by atoms with Gasteiger partial charge in [0.2, 0.25) is 0 Å². The van der Waals surface area contributed by atoms with E-state index in [9.17, 15) is 0 Å². The molecular weight excluding hydrogens is 322 g/mol. The quantitative estimate of drug-likeness (QED) is 0.821. The lowest BCUT2D eigenvalue weighted by Gasteiger charge is -2.10. The third-order valence-corrected chi connectivity index (χ3v) is 3.24. The molecule has 2 rings (SSSR count). The van der Waals surface area contributed by atoms with Crippen molar-refractivity contribution in [3.8, 4) is 11.5 Å². The van der Waals surface area contributed by atoms with E-state index < -0.39 is 0 Å². The van der Waals surface area contributed by atoms with Crippen molar-refractivity contribution in [1.29, 1.82) is 0 Å². The Morgan fingerprint density at radius 1 is 1.10 bits per heavy atom. The van der Waals surface area contributed by atoms with Crippen LogP contribution in [0.4, 0.5) is 5.82 Å². The van der Waals surface area contributed by atoms with Crippen LogP contribution in [0.15, 0.2) is 35.2 Å². The first-order valence-electron chi connectivity index (χ1n) is 6.15. The molecule has 106 valence electrons. The van der Waals surface area contributed by atoms with Gasteiger partial charge in [-0.1, -0.05) is 6.07 Å². The van der Waals surface area contributed by atoms with Crippen molar-refractivity contribution in [2.24, 2.45) is 0 Å². The minimum Gasteiger partial charge on any atom is -0.493 e. The van der Waals surface area contributed by atoms with Crippen LogP contribution in [0.25, 0.3) is 0 Å². The topological polar surface area (TPSA) is 56.3 Å². The predicted octanol–water partition coefficient (Wildman–Crippen LogP) is 2.91. The monoisotopic (exact) mass is 337 g/mol. The first-order chi connectivity index (χ1) is 9.72. The number of nitrogens with one attached hydrogen (secondary N) is 1. The van der Waals surface area contributed by atoms with E-state index in [4.69, 9.17) is 9.47 Å². The molecule has 0 amide bonds. The van der Waals surface area contributed by atoms with Gasteiger partial charge in [-0.2, -0.15) is 0 Å².